The SMILES string of the molecule is CN(C)C1(CNc2ccnc3ccc(Br)cc23)CCOCC1. The van der Waals surface area contributed by atoms with Crippen LogP contribution in [0.2, 0.25) is 0 Å². The third-order valence-electron chi connectivity index (χ3n) is 4.68. The minimum atomic E-state index is 0.153. The maximum atomic E-state index is 5.54. The van der Waals surface area contributed by atoms with E-state index in [1.54, 1.807) is 0 Å². The summed E-state index contributed by atoms with van der Waals surface area (Å²) in [6.07, 6.45) is 3.98. The minimum Gasteiger partial charge on any atom is -0.383 e. The number of fused-ring (bicyclic) bond motifs is 1. The highest BCUT2D eigenvalue weighted by molar-refractivity contribution is 9.10. The van der Waals surface area contributed by atoms with Crippen LogP contribution in [0.4, 0.5) is 5.69 Å². The van der Waals surface area contributed by atoms with Crippen LogP contribution in [0, 0.1) is 0 Å². The summed E-state index contributed by atoms with van der Waals surface area (Å²) in [5, 5.41) is 4.80. The summed E-state index contributed by atoms with van der Waals surface area (Å²) in [4.78, 5) is 6.77. The molecule has 0 amide bonds. The second-order valence-corrected chi connectivity index (χ2v) is 7.02. The molecule has 1 aliphatic rings. The normalized spacial score (nSPS) is 17.8. The van der Waals surface area contributed by atoms with Gasteiger partial charge in [-0.15, -0.1) is 0 Å². The van der Waals surface area contributed by atoms with Crippen molar-refractivity contribution >= 4 is 32.5 Å². The molecule has 0 radical (unpaired) electrons. The number of hydrogen-bond donors (Lipinski definition) is 1. The fraction of sp³-hybridized carbons (Fsp3) is 0.471. The van der Waals surface area contributed by atoms with Gasteiger partial charge in [-0.05, 0) is 51.2 Å². The molecule has 0 unspecified atom stereocenters. The van der Waals surface area contributed by atoms with Crippen molar-refractivity contribution in [2.24, 2.45) is 0 Å². The van der Waals surface area contributed by atoms with Gasteiger partial charge in [-0.2, -0.15) is 0 Å². The van der Waals surface area contributed by atoms with Gasteiger partial charge in [0.25, 0.3) is 0 Å². The molecule has 0 aliphatic carbocycles. The quantitative estimate of drug-likeness (QED) is 0.901. The highest BCUT2D eigenvalue weighted by Crippen LogP contribution is 2.29. The summed E-state index contributed by atoms with van der Waals surface area (Å²) in [6, 6.07) is 8.24. The molecule has 0 saturated carbocycles. The van der Waals surface area contributed by atoms with Gasteiger partial charge in [0.05, 0.1) is 5.52 Å². The van der Waals surface area contributed by atoms with Crippen molar-refractivity contribution in [2.45, 2.75) is 18.4 Å². The number of likely N-dealkylation sites (N-methyl/N-ethyl adjacent to an activating group) is 1. The summed E-state index contributed by atoms with van der Waals surface area (Å²) in [6.45, 7) is 2.58. The van der Waals surface area contributed by atoms with Crippen LogP contribution in [0.15, 0.2) is 34.9 Å². The molecular formula is C17H22BrN3O. The molecule has 0 bridgehead atoms. The van der Waals surface area contributed by atoms with E-state index in [1.165, 1.54) is 0 Å². The average molecular weight is 364 g/mol. The van der Waals surface area contributed by atoms with E-state index in [0.29, 0.717) is 0 Å². The Balaban J connectivity index is 1.85. The smallest absolute Gasteiger partial charge is 0.0723 e. The molecule has 22 heavy (non-hydrogen) atoms. The Hall–Kier alpha value is -1.17. The zero-order valence-electron chi connectivity index (χ0n) is 13.1. The first-order chi connectivity index (χ1) is 10.6. The highest BCUT2D eigenvalue weighted by Gasteiger charge is 2.34. The van der Waals surface area contributed by atoms with Gasteiger partial charge in [0.15, 0.2) is 0 Å². The molecule has 1 aromatic heterocycles. The summed E-state index contributed by atoms with van der Waals surface area (Å²) in [5.41, 5.74) is 2.30. The molecule has 4 nitrogen and oxygen atoms in total. The molecule has 3 rings (SSSR count). The first-order valence-electron chi connectivity index (χ1n) is 7.64. The number of benzene rings is 1. The van der Waals surface area contributed by atoms with E-state index in [4.69, 9.17) is 4.74 Å². The summed E-state index contributed by atoms with van der Waals surface area (Å²) in [7, 11) is 4.32. The van der Waals surface area contributed by atoms with E-state index >= 15 is 0 Å². The van der Waals surface area contributed by atoms with E-state index in [-0.39, 0.29) is 5.54 Å². The second kappa shape index (κ2) is 6.52. The van der Waals surface area contributed by atoms with Crippen LogP contribution in [-0.2, 0) is 4.74 Å². The zero-order chi connectivity index (χ0) is 15.6. The molecule has 1 aromatic carbocycles. The number of anilines is 1. The van der Waals surface area contributed by atoms with Crippen LogP contribution in [0.5, 0.6) is 0 Å². The number of hydrogen-bond acceptors (Lipinski definition) is 4. The van der Waals surface area contributed by atoms with Crippen molar-refractivity contribution in [1.82, 2.24) is 9.88 Å². The van der Waals surface area contributed by atoms with Crippen molar-refractivity contribution in [3.63, 3.8) is 0 Å². The Morgan fingerprint density at radius 1 is 1.27 bits per heavy atom. The Morgan fingerprint density at radius 2 is 2.05 bits per heavy atom. The Kier molecular flexibility index (Phi) is 4.66. The van der Waals surface area contributed by atoms with Crippen LogP contribution in [0.3, 0.4) is 0 Å². The molecule has 1 aliphatic heterocycles. The van der Waals surface area contributed by atoms with E-state index in [9.17, 15) is 0 Å². The minimum absolute atomic E-state index is 0.153. The zero-order valence-corrected chi connectivity index (χ0v) is 14.7. The maximum Gasteiger partial charge on any atom is 0.0723 e. The van der Waals surface area contributed by atoms with Crippen molar-refractivity contribution in [3.05, 3.63) is 34.9 Å². The van der Waals surface area contributed by atoms with Gasteiger partial charge in [0.2, 0.25) is 0 Å². The van der Waals surface area contributed by atoms with Crippen molar-refractivity contribution in [2.75, 3.05) is 39.2 Å². The highest BCUT2D eigenvalue weighted by atomic mass is 79.9. The first-order valence-corrected chi connectivity index (χ1v) is 8.43. The van der Waals surface area contributed by atoms with Gasteiger partial charge in [0, 0.05) is 47.0 Å². The van der Waals surface area contributed by atoms with Gasteiger partial charge in [-0.3, -0.25) is 4.98 Å². The Labute approximate surface area is 140 Å². The van der Waals surface area contributed by atoms with Crippen LogP contribution in [0.1, 0.15) is 12.8 Å². The number of pyridine rings is 1. The van der Waals surface area contributed by atoms with Gasteiger partial charge in [-0.1, -0.05) is 15.9 Å². The van der Waals surface area contributed by atoms with Gasteiger partial charge < -0.3 is 15.0 Å². The number of ether oxygens (including phenoxy) is 1. The van der Waals surface area contributed by atoms with E-state index in [2.05, 4.69) is 57.4 Å². The molecule has 1 saturated heterocycles. The number of aromatic nitrogens is 1. The predicted molar refractivity (Wildman–Crippen MR) is 94.4 cm³/mol. The lowest BCUT2D eigenvalue weighted by Gasteiger charge is -2.43. The fourth-order valence-corrected chi connectivity index (χ4v) is 3.43. The van der Waals surface area contributed by atoms with Crippen LogP contribution >= 0.6 is 15.9 Å². The fourth-order valence-electron chi connectivity index (χ4n) is 3.07. The third kappa shape index (κ3) is 3.12. The number of halogens is 1. The molecule has 0 spiro atoms. The topological polar surface area (TPSA) is 37.4 Å². The second-order valence-electron chi connectivity index (χ2n) is 6.10. The van der Waals surface area contributed by atoms with Crippen molar-refractivity contribution < 1.29 is 4.74 Å². The van der Waals surface area contributed by atoms with E-state index in [1.807, 2.05) is 18.3 Å². The molecule has 5 heteroatoms. The van der Waals surface area contributed by atoms with Gasteiger partial charge in [-0.25, -0.2) is 0 Å². The molecule has 1 N–H and O–H groups in total. The standard InChI is InChI=1S/C17H22BrN3O/c1-21(2)17(6-9-22-10-7-17)12-20-16-5-8-19-15-4-3-13(18)11-14(15)16/h3-5,8,11H,6-7,9-10,12H2,1-2H3,(H,19,20). The molecule has 0 atom stereocenters. The van der Waals surface area contributed by atoms with Crippen LogP contribution in [0.25, 0.3) is 10.9 Å². The predicted octanol–water partition coefficient (Wildman–Crippen LogP) is 3.52. The summed E-state index contributed by atoms with van der Waals surface area (Å²) < 4.78 is 6.62. The number of rotatable bonds is 4. The largest absolute Gasteiger partial charge is 0.383 e. The molecule has 1 fully saturated rings. The average Bonchev–Trinajstić information content (AvgIpc) is 2.53. The molecule has 2 aromatic rings. The van der Waals surface area contributed by atoms with Crippen LogP contribution < -0.4 is 5.32 Å². The maximum absolute atomic E-state index is 5.54. The Bertz CT molecular complexity index is 653. The van der Waals surface area contributed by atoms with E-state index in [0.717, 1.165) is 53.7 Å². The summed E-state index contributed by atoms with van der Waals surface area (Å²) in [5.74, 6) is 0. The van der Waals surface area contributed by atoms with Crippen LogP contribution in [-0.4, -0.2) is 49.3 Å². The summed E-state index contributed by atoms with van der Waals surface area (Å²) >= 11 is 3.55. The van der Waals surface area contributed by atoms with Crippen molar-refractivity contribution in [1.29, 1.82) is 0 Å². The number of nitrogens with one attached hydrogen (secondary N) is 1. The third-order valence-corrected chi connectivity index (χ3v) is 5.18. The monoisotopic (exact) mass is 363 g/mol. The first kappa shape index (κ1) is 15.7. The molecule has 2 heterocycles. The lowest BCUT2D eigenvalue weighted by atomic mass is 9.88. The molecular weight excluding hydrogens is 342 g/mol. The van der Waals surface area contributed by atoms with Gasteiger partial charge in [0.1, 0.15) is 0 Å². The lowest BCUT2D eigenvalue weighted by molar-refractivity contribution is -0.000615. The lowest BCUT2D eigenvalue weighted by Crippen LogP contribution is -2.53. The van der Waals surface area contributed by atoms with Crippen molar-refractivity contribution in [3.8, 4) is 0 Å². The Morgan fingerprint density at radius 3 is 2.77 bits per heavy atom. The molecule has 118 valence electrons. The van der Waals surface area contributed by atoms with E-state index < -0.39 is 0 Å². The number of nitrogens with zero attached hydrogens (tertiary/aromatic N) is 2. The van der Waals surface area contributed by atoms with Gasteiger partial charge >= 0.3 is 0 Å².